The Balaban J connectivity index is 0.000000118. The molecule has 16 heteroatoms. The van der Waals surface area contributed by atoms with Crippen LogP contribution < -0.4 is 36.1 Å². The number of carbonyl (C=O) groups is 2. The highest BCUT2D eigenvalue weighted by atomic mass is 19.1. The molecule has 10 aliphatic heterocycles. The van der Waals surface area contributed by atoms with Gasteiger partial charge in [-0.15, -0.1) is 0 Å². The standard InChI is InChI=1S/2C24H29NO3.C22H27NO.2C21H24FNO/c2*1-15(26)28-18-10-7-16(8-11-18)22-19-6-5-13-27-23(19)20-14-17(24(2,3)4)9-12-21(20)25-22;1-14(2)18-13-19-20(12-15(18)3)23-21(16-8-5-4-6-9-16)17-10-7-11-24-22(17)19;2*1-13(2)14-8-9-19-18(12-14)21-17(7-4-10-24-21)20(23-19)15-5-3-6-16(22)11-15/h2*7-12,14,19,22-23,25H,5-6,13H2,1-4H3;4-6,8-9,12-14,17,21-23H,7,10-11H2,1-3H3;2*3,5-6,8-9,11-13,17,20-21,23H,4,7,10H2,1-2H3/t;;17-,21-,22-;17-,20-,21-;/m..01./s1. The van der Waals surface area contributed by atoms with Crippen molar-refractivity contribution in [1.82, 2.24) is 0 Å². The Kier molecular flexibility index (Phi) is 28.2. The van der Waals surface area contributed by atoms with E-state index in [9.17, 15) is 18.4 Å². The second-order valence-corrected chi connectivity index (χ2v) is 40.0. The zero-order valence-corrected chi connectivity index (χ0v) is 77.6. The number of ether oxygens (including phenoxy) is 7. The van der Waals surface area contributed by atoms with Gasteiger partial charge in [-0.2, -0.15) is 0 Å². The molecule has 0 aliphatic carbocycles. The SMILES string of the molecule is CC(=O)Oc1ccc(C2Nc3ccc(C(C)(C)C)cc3C3OCCCC23)cc1.CC(=O)Oc1ccc(C2Nc3ccc(C(C)(C)C)cc3C3OCCCC23)cc1.CC(C)c1ccc2c(c1)C1OCCCC1C(c1cccc(F)c1)N2.CC(C)c1ccc2c(c1)[C@@H]1OCCC[C@@H]1[C@@H](c1cccc(F)c1)N2.Cc1cc2c(cc1C(C)C)[C@H]1OCCC[C@H]1[C@H](c1ccccc1)N2. The van der Waals surface area contributed by atoms with Crippen LogP contribution in [0.2, 0.25) is 0 Å². The van der Waals surface area contributed by atoms with Gasteiger partial charge in [-0.1, -0.05) is 217 Å². The van der Waals surface area contributed by atoms with Gasteiger partial charge in [-0.3, -0.25) is 9.59 Å². The second kappa shape index (κ2) is 39.6. The molecule has 5 fully saturated rings. The van der Waals surface area contributed by atoms with Crippen molar-refractivity contribution in [2.24, 2.45) is 29.6 Å². The van der Waals surface area contributed by atoms with Gasteiger partial charge in [0.2, 0.25) is 0 Å². The van der Waals surface area contributed by atoms with E-state index in [4.69, 9.17) is 33.2 Å². The molecule has 10 aliphatic rings. The van der Waals surface area contributed by atoms with Crippen molar-refractivity contribution in [3.8, 4) is 11.5 Å². The minimum absolute atomic E-state index is 0.0990. The first-order valence-electron chi connectivity index (χ1n) is 47.3. The van der Waals surface area contributed by atoms with Crippen LogP contribution in [0, 0.1) is 48.1 Å². The minimum Gasteiger partial charge on any atom is -0.427 e. The summed E-state index contributed by atoms with van der Waals surface area (Å²) in [5, 5.41) is 18.7. The van der Waals surface area contributed by atoms with Crippen LogP contribution in [0.3, 0.4) is 0 Å². The highest BCUT2D eigenvalue weighted by molar-refractivity contribution is 5.70. The average molecular weight is 1730 g/mol. The predicted octanol–water partition coefficient (Wildman–Crippen LogP) is 28.0. The number of halogens is 2. The first-order chi connectivity index (χ1) is 61.6. The van der Waals surface area contributed by atoms with Gasteiger partial charge in [0.1, 0.15) is 23.1 Å². The molecule has 0 saturated carbocycles. The Morgan fingerprint density at radius 3 is 0.961 bits per heavy atom. The van der Waals surface area contributed by atoms with Crippen LogP contribution in [-0.4, -0.2) is 45.0 Å². The van der Waals surface area contributed by atoms with Crippen molar-refractivity contribution in [2.75, 3.05) is 59.6 Å². The summed E-state index contributed by atoms with van der Waals surface area (Å²) in [6.45, 7) is 36.1. The molecule has 10 aromatic carbocycles. The molecule has 0 spiro atoms. The molecule has 0 amide bonds. The van der Waals surface area contributed by atoms with Gasteiger partial charge < -0.3 is 59.7 Å². The Morgan fingerprint density at radius 2 is 0.641 bits per heavy atom. The Bertz CT molecular complexity index is 5230. The van der Waals surface area contributed by atoms with Crippen LogP contribution >= 0.6 is 0 Å². The summed E-state index contributed by atoms with van der Waals surface area (Å²) < 4.78 is 69.1. The summed E-state index contributed by atoms with van der Waals surface area (Å²) in [6, 6.07) is 72.8. The van der Waals surface area contributed by atoms with E-state index in [1.54, 1.807) is 24.3 Å². The number of fused-ring (bicyclic) bond motifs is 15. The average Bonchev–Trinajstić information content (AvgIpc) is 0.694. The van der Waals surface area contributed by atoms with Gasteiger partial charge in [0.15, 0.2) is 0 Å². The lowest BCUT2D eigenvalue weighted by atomic mass is 9.76. The molecule has 9 unspecified atom stereocenters. The summed E-state index contributed by atoms with van der Waals surface area (Å²) in [6.07, 6.45) is 11.8. The van der Waals surface area contributed by atoms with Gasteiger partial charge in [0.05, 0.1) is 60.7 Å². The molecule has 128 heavy (non-hydrogen) atoms. The first kappa shape index (κ1) is 91.1. The number of carbonyl (C=O) groups excluding carboxylic acids is 2. The van der Waals surface area contributed by atoms with Gasteiger partial charge in [-0.05, 0) is 240 Å². The van der Waals surface area contributed by atoms with Gasteiger partial charge in [0.25, 0.3) is 0 Å². The fraction of sp³-hybridized carbons (Fsp3) is 0.446. The molecular weight excluding hydrogens is 1600 g/mol. The number of rotatable bonds is 10. The molecule has 10 heterocycles. The van der Waals surface area contributed by atoms with E-state index in [0.717, 1.165) is 125 Å². The number of anilines is 5. The lowest BCUT2D eigenvalue weighted by molar-refractivity contribution is -0.132. The highest BCUT2D eigenvalue weighted by Crippen LogP contribution is 2.56. The third-order valence-corrected chi connectivity index (χ3v) is 28.0. The van der Waals surface area contributed by atoms with Gasteiger partial charge >= 0.3 is 11.9 Å². The maximum Gasteiger partial charge on any atom is 0.308 e. The molecule has 5 N–H and O–H groups in total. The zero-order valence-electron chi connectivity index (χ0n) is 77.6. The quantitative estimate of drug-likeness (QED) is 0.0650. The van der Waals surface area contributed by atoms with Gasteiger partial charge in [0, 0.05) is 133 Å². The van der Waals surface area contributed by atoms with E-state index >= 15 is 0 Å². The van der Waals surface area contributed by atoms with E-state index in [1.165, 1.54) is 116 Å². The molecule has 0 radical (unpaired) electrons. The number of hydrogen-bond acceptors (Lipinski definition) is 14. The number of benzene rings is 10. The van der Waals surface area contributed by atoms with Crippen molar-refractivity contribution >= 4 is 40.4 Å². The third-order valence-electron chi connectivity index (χ3n) is 28.0. The topological polar surface area (TPSA) is 159 Å². The fourth-order valence-electron chi connectivity index (χ4n) is 21.4. The van der Waals surface area contributed by atoms with Crippen LogP contribution in [0.5, 0.6) is 11.5 Å². The first-order valence-corrected chi connectivity index (χ1v) is 47.3. The van der Waals surface area contributed by atoms with Crippen molar-refractivity contribution in [1.29, 1.82) is 0 Å². The molecule has 14 nitrogen and oxygen atoms in total. The Hall–Kier alpha value is -10.2. The summed E-state index contributed by atoms with van der Waals surface area (Å²) in [4.78, 5) is 22.3. The minimum atomic E-state index is -0.298. The van der Waals surface area contributed by atoms with E-state index in [0.29, 0.717) is 64.9 Å². The highest BCUT2D eigenvalue weighted by Gasteiger charge is 2.46. The fourth-order valence-corrected chi connectivity index (χ4v) is 21.4. The summed E-state index contributed by atoms with van der Waals surface area (Å²) in [5.41, 5.74) is 26.5. The van der Waals surface area contributed by atoms with E-state index in [-0.39, 0.29) is 89.1 Å². The maximum absolute atomic E-state index is 13.7. The van der Waals surface area contributed by atoms with Crippen LogP contribution in [0.15, 0.2) is 212 Å². The lowest BCUT2D eigenvalue weighted by Gasteiger charge is -2.44. The lowest BCUT2D eigenvalue weighted by Crippen LogP contribution is -2.36. The normalized spacial score (nSPS) is 25.0. The Labute approximate surface area is 758 Å². The molecule has 10 aromatic rings. The maximum atomic E-state index is 13.7. The molecule has 20 rings (SSSR count). The van der Waals surface area contributed by atoms with Crippen LogP contribution in [-0.2, 0) is 44.1 Å². The number of aryl methyl sites for hydroxylation is 1. The van der Waals surface area contributed by atoms with Crippen LogP contribution in [0.4, 0.5) is 37.2 Å². The second-order valence-electron chi connectivity index (χ2n) is 40.0. The molecule has 0 aromatic heterocycles. The van der Waals surface area contributed by atoms with Crippen molar-refractivity contribution in [2.45, 2.75) is 257 Å². The zero-order chi connectivity index (χ0) is 89.8. The van der Waals surface area contributed by atoms with Crippen LogP contribution in [0.1, 0.15) is 329 Å². The number of hydrogen-bond donors (Lipinski definition) is 5. The summed E-state index contributed by atoms with van der Waals surface area (Å²) in [7, 11) is 0. The number of esters is 2. The summed E-state index contributed by atoms with van der Waals surface area (Å²) in [5.74, 6) is 3.72. The molecule has 15 atom stereocenters. The molecule has 0 bridgehead atoms. The number of nitrogens with one attached hydrogen (secondary N) is 5. The van der Waals surface area contributed by atoms with Gasteiger partial charge in [-0.25, -0.2) is 8.78 Å². The van der Waals surface area contributed by atoms with E-state index in [1.807, 2.05) is 36.4 Å². The van der Waals surface area contributed by atoms with Crippen molar-refractivity contribution in [3.05, 3.63) is 313 Å². The smallest absolute Gasteiger partial charge is 0.308 e. The molecule has 5 saturated heterocycles. The summed E-state index contributed by atoms with van der Waals surface area (Å²) >= 11 is 0. The largest absolute Gasteiger partial charge is 0.427 e. The molecular formula is C112H133F2N5O9. The van der Waals surface area contributed by atoms with E-state index < -0.39 is 0 Å². The monoisotopic (exact) mass is 1730 g/mol. The molecule has 674 valence electrons. The third kappa shape index (κ3) is 20.5. The predicted molar refractivity (Wildman–Crippen MR) is 510 cm³/mol. The van der Waals surface area contributed by atoms with Crippen molar-refractivity contribution < 1.29 is 51.5 Å². The van der Waals surface area contributed by atoms with Crippen LogP contribution in [0.25, 0.3) is 0 Å². The Morgan fingerprint density at radius 1 is 0.336 bits per heavy atom. The van der Waals surface area contributed by atoms with Crippen molar-refractivity contribution in [3.63, 3.8) is 0 Å². The van der Waals surface area contributed by atoms with E-state index in [2.05, 4.69) is 256 Å².